The van der Waals surface area contributed by atoms with Crippen molar-refractivity contribution in [1.29, 1.82) is 0 Å². The summed E-state index contributed by atoms with van der Waals surface area (Å²) in [6.45, 7) is 7.12. The SMILES string of the molecule is CC(O/N=[N+](\[O-])N1CCC(C(=O)O)CC1)OC(=O)C(C)(C)C. The summed E-state index contributed by atoms with van der Waals surface area (Å²) in [5.41, 5.74) is -0.673. The van der Waals surface area contributed by atoms with Gasteiger partial charge in [-0.25, -0.2) is 0 Å². The van der Waals surface area contributed by atoms with Gasteiger partial charge in [-0.2, -0.15) is 0 Å². The number of aliphatic carboxylic acids is 1. The Morgan fingerprint density at radius 3 is 2.36 bits per heavy atom. The number of nitrogens with zero attached hydrogens (tertiary/aromatic N) is 3. The third-order valence-corrected chi connectivity index (χ3v) is 3.21. The molecule has 0 spiro atoms. The number of hydrogen-bond acceptors (Lipinski definition) is 6. The van der Waals surface area contributed by atoms with Gasteiger partial charge >= 0.3 is 11.9 Å². The van der Waals surface area contributed by atoms with Crippen LogP contribution in [0.4, 0.5) is 0 Å². The van der Waals surface area contributed by atoms with E-state index in [2.05, 4.69) is 5.28 Å². The van der Waals surface area contributed by atoms with Gasteiger partial charge in [-0.3, -0.25) is 14.4 Å². The second kappa shape index (κ2) is 7.28. The van der Waals surface area contributed by atoms with Crippen LogP contribution in [0.15, 0.2) is 5.28 Å². The molecule has 1 unspecified atom stereocenters. The molecule has 1 rings (SSSR count). The van der Waals surface area contributed by atoms with Gasteiger partial charge in [0.1, 0.15) is 0 Å². The van der Waals surface area contributed by atoms with Crippen LogP contribution in [0.2, 0.25) is 0 Å². The highest BCUT2D eigenvalue weighted by Gasteiger charge is 2.29. The molecule has 1 aliphatic heterocycles. The van der Waals surface area contributed by atoms with E-state index in [1.54, 1.807) is 20.8 Å². The lowest BCUT2D eigenvalue weighted by atomic mass is 9.97. The van der Waals surface area contributed by atoms with Crippen molar-refractivity contribution in [3.63, 3.8) is 0 Å². The molecule has 1 fully saturated rings. The highest BCUT2D eigenvalue weighted by atomic mass is 16.8. The molecule has 1 aliphatic rings. The number of piperidine rings is 1. The van der Waals surface area contributed by atoms with Gasteiger partial charge in [0.15, 0.2) is 0 Å². The van der Waals surface area contributed by atoms with E-state index < -0.39 is 29.6 Å². The zero-order valence-corrected chi connectivity index (χ0v) is 13.3. The van der Waals surface area contributed by atoms with Crippen LogP contribution in [-0.4, -0.2) is 46.4 Å². The van der Waals surface area contributed by atoms with Gasteiger partial charge in [0.2, 0.25) is 5.28 Å². The maximum atomic E-state index is 11.7. The first kappa shape index (κ1) is 18.0. The Labute approximate surface area is 129 Å². The average Bonchev–Trinajstić information content (AvgIpc) is 2.43. The molecule has 9 nitrogen and oxygen atoms in total. The first-order valence-electron chi connectivity index (χ1n) is 7.14. The standard InChI is InChI=1S/C13H23N3O6/c1-9(21-12(19)13(2,3)4)22-14-16(20)15-7-5-10(6-8-15)11(17)18/h9-10H,5-8H2,1-4H3,(H,17,18)/b16-14-. The fourth-order valence-electron chi connectivity index (χ4n) is 1.79. The first-order valence-corrected chi connectivity index (χ1v) is 7.14. The van der Waals surface area contributed by atoms with Gasteiger partial charge in [-0.05, 0) is 33.6 Å². The second-order valence-corrected chi connectivity index (χ2v) is 6.23. The summed E-state index contributed by atoms with van der Waals surface area (Å²) >= 11 is 0. The van der Waals surface area contributed by atoms with Gasteiger partial charge in [0, 0.05) is 6.92 Å². The van der Waals surface area contributed by atoms with Crippen LogP contribution in [0, 0.1) is 16.5 Å². The predicted molar refractivity (Wildman–Crippen MR) is 74.1 cm³/mol. The number of hydrazine groups is 1. The molecule has 0 aromatic rings. The number of ether oxygens (including phenoxy) is 1. The minimum absolute atomic E-state index is 0.263. The monoisotopic (exact) mass is 317 g/mol. The smallest absolute Gasteiger partial charge is 0.314 e. The molecule has 22 heavy (non-hydrogen) atoms. The molecule has 0 aromatic carbocycles. The van der Waals surface area contributed by atoms with Crippen molar-refractivity contribution < 1.29 is 29.2 Å². The third-order valence-electron chi connectivity index (χ3n) is 3.21. The number of carbonyl (C=O) groups excluding carboxylic acids is 1. The maximum absolute atomic E-state index is 11.7. The molecule has 0 amide bonds. The fourth-order valence-corrected chi connectivity index (χ4v) is 1.79. The summed E-state index contributed by atoms with van der Waals surface area (Å²) in [5, 5.41) is 25.3. The number of rotatable bonds is 5. The zero-order valence-electron chi connectivity index (χ0n) is 13.3. The van der Waals surface area contributed by atoms with Crippen LogP contribution in [0.5, 0.6) is 0 Å². The maximum Gasteiger partial charge on any atom is 0.314 e. The predicted octanol–water partition coefficient (Wildman–Crippen LogP) is 1.53. The molecule has 0 saturated carbocycles. The van der Waals surface area contributed by atoms with Crippen molar-refractivity contribution in [2.24, 2.45) is 16.6 Å². The number of carboxylic acid groups (broad SMARTS) is 1. The van der Waals surface area contributed by atoms with Crippen LogP contribution in [0.1, 0.15) is 40.5 Å². The quantitative estimate of drug-likeness (QED) is 0.269. The number of esters is 1. The summed E-state index contributed by atoms with van der Waals surface area (Å²) in [7, 11) is 0. The highest BCUT2D eigenvalue weighted by molar-refractivity contribution is 5.75. The van der Waals surface area contributed by atoms with Gasteiger partial charge < -0.3 is 15.1 Å². The third kappa shape index (κ3) is 5.38. The Hall–Kier alpha value is -2.06. The minimum Gasteiger partial charge on any atom is -0.569 e. The Morgan fingerprint density at radius 2 is 1.91 bits per heavy atom. The minimum atomic E-state index is -0.986. The molecule has 0 bridgehead atoms. The molecule has 1 saturated heterocycles. The summed E-state index contributed by atoms with van der Waals surface area (Å²) in [4.78, 5) is 27.5. The second-order valence-electron chi connectivity index (χ2n) is 6.23. The Kier molecular flexibility index (Phi) is 5.95. The summed E-state index contributed by atoms with van der Waals surface area (Å²) in [6.07, 6.45) is -0.240. The van der Waals surface area contributed by atoms with Crippen molar-refractivity contribution in [1.82, 2.24) is 5.01 Å². The van der Waals surface area contributed by atoms with E-state index in [-0.39, 0.29) is 18.1 Å². The van der Waals surface area contributed by atoms with Gasteiger partial charge in [-0.15, -0.1) is 5.01 Å². The molecule has 1 heterocycles. The first-order chi connectivity index (χ1) is 10.1. The lowest BCUT2D eigenvalue weighted by molar-refractivity contribution is -0.715. The topological polar surface area (TPSA) is 114 Å². The molecule has 126 valence electrons. The van der Waals surface area contributed by atoms with E-state index >= 15 is 0 Å². The van der Waals surface area contributed by atoms with E-state index in [1.807, 2.05) is 0 Å². The normalized spacial score (nSPS) is 18.7. The molecule has 1 N–H and O–H groups in total. The number of carbonyl (C=O) groups is 2. The highest BCUT2D eigenvalue weighted by Crippen LogP contribution is 2.18. The number of carboxylic acids is 1. The van der Waals surface area contributed by atoms with Gasteiger partial charge in [0.05, 0.1) is 29.4 Å². The summed E-state index contributed by atoms with van der Waals surface area (Å²) in [6, 6.07) is 0. The van der Waals surface area contributed by atoms with Crippen LogP contribution in [-0.2, 0) is 19.2 Å². The molecule has 0 aromatic heterocycles. The van der Waals surface area contributed by atoms with Crippen molar-refractivity contribution in [3.05, 3.63) is 5.21 Å². The van der Waals surface area contributed by atoms with Gasteiger partial charge in [0.25, 0.3) is 6.29 Å². The lowest BCUT2D eigenvalue weighted by Gasteiger charge is -2.26. The van der Waals surface area contributed by atoms with E-state index in [4.69, 9.17) is 14.7 Å². The van der Waals surface area contributed by atoms with Crippen molar-refractivity contribution in [2.45, 2.75) is 46.8 Å². The zero-order chi connectivity index (χ0) is 16.9. The van der Waals surface area contributed by atoms with E-state index in [1.165, 1.54) is 11.9 Å². The molecular formula is C13H23N3O6. The van der Waals surface area contributed by atoms with Crippen molar-refractivity contribution in [3.8, 4) is 0 Å². The van der Waals surface area contributed by atoms with E-state index in [9.17, 15) is 14.8 Å². The molecule has 0 aliphatic carbocycles. The fraction of sp³-hybridized carbons (Fsp3) is 0.846. The Morgan fingerprint density at radius 1 is 1.36 bits per heavy atom. The van der Waals surface area contributed by atoms with Gasteiger partial charge in [-0.1, -0.05) is 0 Å². The molecule has 1 atom stereocenters. The van der Waals surface area contributed by atoms with Crippen LogP contribution < -0.4 is 0 Å². The summed E-state index contributed by atoms with van der Waals surface area (Å²) in [5.74, 6) is -1.75. The average molecular weight is 317 g/mol. The van der Waals surface area contributed by atoms with Crippen molar-refractivity contribution in [2.75, 3.05) is 13.1 Å². The Bertz CT molecular complexity index is 438. The van der Waals surface area contributed by atoms with Crippen molar-refractivity contribution >= 4 is 11.9 Å². The molecular weight excluding hydrogens is 294 g/mol. The lowest BCUT2D eigenvalue weighted by Crippen LogP contribution is -2.40. The van der Waals surface area contributed by atoms with Crippen LogP contribution in [0.25, 0.3) is 0 Å². The molecule has 9 heteroatoms. The van der Waals surface area contributed by atoms with E-state index in [0.29, 0.717) is 12.8 Å². The summed E-state index contributed by atoms with van der Waals surface area (Å²) < 4.78 is 4.98. The van der Waals surface area contributed by atoms with Crippen LogP contribution in [0.3, 0.4) is 0 Å². The number of hydrogen-bond donors (Lipinski definition) is 1. The van der Waals surface area contributed by atoms with E-state index in [0.717, 1.165) is 0 Å². The Balaban J connectivity index is 2.43. The molecule has 0 radical (unpaired) electrons. The largest absolute Gasteiger partial charge is 0.569 e. The van der Waals surface area contributed by atoms with Crippen LogP contribution >= 0.6 is 0 Å².